The molecule has 0 aliphatic carbocycles. The van der Waals surface area contributed by atoms with Crippen molar-refractivity contribution in [2.45, 2.75) is 6.54 Å². The highest BCUT2D eigenvalue weighted by Crippen LogP contribution is 2.37. The van der Waals surface area contributed by atoms with Crippen LogP contribution in [0.2, 0.25) is 0 Å². The molecule has 0 aliphatic heterocycles. The maximum Gasteiger partial charge on any atom is 0.142 e. The summed E-state index contributed by atoms with van der Waals surface area (Å²) in [4.78, 5) is 6.56. The van der Waals surface area contributed by atoms with Crippen molar-refractivity contribution in [3.05, 3.63) is 52.0 Å². The summed E-state index contributed by atoms with van der Waals surface area (Å²) < 4.78 is 0.926. The van der Waals surface area contributed by atoms with Crippen molar-refractivity contribution >= 4 is 38.3 Å². The number of hydrogen-bond donors (Lipinski definition) is 2. The second kappa shape index (κ2) is 6.71. The zero-order chi connectivity index (χ0) is 18.1. The minimum atomic E-state index is 0.231. The van der Waals surface area contributed by atoms with E-state index in [-0.39, 0.29) is 5.82 Å². The molecule has 3 aromatic rings. The van der Waals surface area contributed by atoms with Gasteiger partial charge in [-0.05, 0) is 49.5 Å². The first-order chi connectivity index (χ1) is 11.9. The van der Waals surface area contributed by atoms with Crippen LogP contribution in [0.25, 0.3) is 22.0 Å². The van der Waals surface area contributed by atoms with Crippen molar-refractivity contribution in [1.82, 2.24) is 9.88 Å². The van der Waals surface area contributed by atoms with Gasteiger partial charge in [0.05, 0.1) is 5.52 Å². The van der Waals surface area contributed by atoms with Gasteiger partial charge in [0.15, 0.2) is 0 Å². The van der Waals surface area contributed by atoms with E-state index in [2.05, 4.69) is 27.0 Å². The van der Waals surface area contributed by atoms with Gasteiger partial charge in [-0.25, -0.2) is 4.98 Å². The molecule has 6 heteroatoms. The fourth-order valence-corrected chi connectivity index (χ4v) is 3.40. The standard InChI is InChI=1S/C19H18BrN5/c1-25(2)10-12-7-14(22)8-15-17(11-4-3-5-13(20)6-11)16(9-21)19(23)24-18(12)15/h3-8H,10,22H2,1-2H3,(H2,23,24). The van der Waals surface area contributed by atoms with Crippen LogP contribution in [0.3, 0.4) is 0 Å². The molecule has 0 unspecified atom stereocenters. The lowest BCUT2D eigenvalue weighted by atomic mass is 9.94. The number of nitrogens with two attached hydrogens (primary N) is 2. The lowest BCUT2D eigenvalue weighted by Crippen LogP contribution is -2.12. The van der Waals surface area contributed by atoms with Crippen molar-refractivity contribution in [3.8, 4) is 17.2 Å². The van der Waals surface area contributed by atoms with E-state index in [9.17, 15) is 5.26 Å². The van der Waals surface area contributed by atoms with Crippen LogP contribution in [0.4, 0.5) is 11.5 Å². The number of anilines is 2. The van der Waals surface area contributed by atoms with Gasteiger partial charge in [-0.3, -0.25) is 0 Å². The van der Waals surface area contributed by atoms with E-state index in [4.69, 9.17) is 11.5 Å². The molecule has 3 rings (SSSR count). The topological polar surface area (TPSA) is 92.0 Å². The zero-order valence-corrected chi connectivity index (χ0v) is 15.6. The molecule has 0 radical (unpaired) electrons. The number of nitrogens with zero attached hydrogens (tertiary/aromatic N) is 3. The normalized spacial score (nSPS) is 11.0. The van der Waals surface area contributed by atoms with Crippen LogP contribution in [-0.4, -0.2) is 24.0 Å². The lowest BCUT2D eigenvalue weighted by molar-refractivity contribution is 0.404. The summed E-state index contributed by atoms with van der Waals surface area (Å²) in [5.74, 6) is 0.231. The molecule has 1 heterocycles. The molecule has 2 aromatic carbocycles. The number of nitrogen functional groups attached to an aromatic ring is 2. The van der Waals surface area contributed by atoms with E-state index in [1.807, 2.05) is 55.4 Å². The Morgan fingerprint density at radius 3 is 2.60 bits per heavy atom. The van der Waals surface area contributed by atoms with Gasteiger partial charge < -0.3 is 16.4 Å². The van der Waals surface area contributed by atoms with Crippen molar-refractivity contribution < 1.29 is 0 Å². The lowest BCUT2D eigenvalue weighted by Gasteiger charge is -2.17. The molecule has 1 aromatic heterocycles. The Balaban J connectivity index is 2.45. The minimum absolute atomic E-state index is 0.231. The SMILES string of the molecule is CN(C)Cc1cc(N)cc2c(-c3cccc(Br)c3)c(C#N)c(N)nc12. The molecule has 0 bridgehead atoms. The summed E-state index contributed by atoms with van der Waals surface area (Å²) in [7, 11) is 3.97. The van der Waals surface area contributed by atoms with E-state index in [0.717, 1.165) is 32.1 Å². The van der Waals surface area contributed by atoms with E-state index in [1.54, 1.807) is 0 Å². The molecule has 5 nitrogen and oxygen atoms in total. The summed E-state index contributed by atoms with van der Waals surface area (Å²) in [5, 5.41) is 10.5. The Labute approximate surface area is 155 Å². The highest BCUT2D eigenvalue weighted by Gasteiger charge is 2.18. The maximum absolute atomic E-state index is 9.65. The van der Waals surface area contributed by atoms with Gasteiger partial charge in [0.2, 0.25) is 0 Å². The summed E-state index contributed by atoms with van der Waals surface area (Å²) in [6.07, 6.45) is 0. The van der Waals surface area contributed by atoms with Crippen LogP contribution in [0.1, 0.15) is 11.1 Å². The fraction of sp³-hybridized carbons (Fsp3) is 0.158. The molecular weight excluding hydrogens is 378 g/mol. The predicted octanol–water partition coefficient (Wildman–Crippen LogP) is 3.76. The molecule has 0 saturated heterocycles. The third-order valence-corrected chi connectivity index (χ3v) is 4.42. The van der Waals surface area contributed by atoms with E-state index in [1.165, 1.54) is 0 Å². The monoisotopic (exact) mass is 395 g/mol. The Morgan fingerprint density at radius 2 is 1.96 bits per heavy atom. The van der Waals surface area contributed by atoms with Crippen LogP contribution < -0.4 is 11.5 Å². The van der Waals surface area contributed by atoms with Crippen molar-refractivity contribution in [2.24, 2.45) is 0 Å². The molecule has 25 heavy (non-hydrogen) atoms. The number of fused-ring (bicyclic) bond motifs is 1. The van der Waals surface area contributed by atoms with Gasteiger partial charge in [0.1, 0.15) is 17.5 Å². The number of hydrogen-bond acceptors (Lipinski definition) is 5. The molecule has 0 amide bonds. The molecule has 0 aliphatic rings. The summed E-state index contributed by atoms with van der Waals surface area (Å²) in [6.45, 7) is 0.678. The van der Waals surface area contributed by atoms with E-state index < -0.39 is 0 Å². The van der Waals surface area contributed by atoms with Crippen LogP contribution >= 0.6 is 15.9 Å². The zero-order valence-electron chi connectivity index (χ0n) is 14.0. The van der Waals surface area contributed by atoms with Crippen molar-refractivity contribution in [1.29, 1.82) is 5.26 Å². The highest BCUT2D eigenvalue weighted by atomic mass is 79.9. The smallest absolute Gasteiger partial charge is 0.142 e. The molecule has 0 saturated carbocycles. The minimum Gasteiger partial charge on any atom is -0.399 e. The van der Waals surface area contributed by atoms with E-state index in [0.29, 0.717) is 17.8 Å². The Hall–Kier alpha value is -2.62. The fourth-order valence-electron chi connectivity index (χ4n) is 3.00. The molecule has 4 N–H and O–H groups in total. The quantitative estimate of drug-likeness (QED) is 0.658. The molecule has 0 atom stereocenters. The second-order valence-electron chi connectivity index (χ2n) is 6.18. The number of benzene rings is 2. The Morgan fingerprint density at radius 1 is 1.20 bits per heavy atom. The third-order valence-electron chi connectivity index (χ3n) is 3.93. The number of rotatable bonds is 3. The van der Waals surface area contributed by atoms with Crippen LogP contribution in [0.15, 0.2) is 40.9 Å². The summed E-state index contributed by atoms with van der Waals surface area (Å²) >= 11 is 3.49. The molecule has 0 spiro atoms. The van der Waals surface area contributed by atoms with Gasteiger partial charge in [-0.1, -0.05) is 28.1 Å². The van der Waals surface area contributed by atoms with Gasteiger partial charge in [0, 0.05) is 27.7 Å². The van der Waals surface area contributed by atoms with Crippen LogP contribution in [0.5, 0.6) is 0 Å². The highest BCUT2D eigenvalue weighted by molar-refractivity contribution is 9.10. The average Bonchev–Trinajstić information content (AvgIpc) is 2.54. The average molecular weight is 396 g/mol. The van der Waals surface area contributed by atoms with Gasteiger partial charge in [0.25, 0.3) is 0 Å². The first-order valence-electron chi connectivity index (χ1n) is 7.73. The van der Waals surface area contributed by atoms with E-state index >= 15 is 0 Å². The Bertz CT molecular complexity index is 1000. The Kier molecular flexibility index (Phi) is 4.62. The third kappa shape index (κ3) is 3.29. The second-order valence-corrected chi connectivity index (χ2v) is 7.10. The predicted molar refractivity (Wildman–Crippen MR) is 106 cm³/mol. The first kappa shape index (κ1) is 17.2. The van der Waals surface area contributed by atoms with Gasteiger partial charge in [-0.15, -0.1) is 0 Å². The maximum atomic E-state index is 9.65. The van der Waals surface area contributed by atoms with Crippen molar-refractivity contribution in [2.75, 3.05) is 25.6 Å². The molecule has 126 valence electrons. The van der Waals surface area contributed by atoms with Crippen LogP contribution in [0, 0.1) is 11.3 Å². The number of halogens is 1. The summed E-state index contributed by atoms with van der Waals surface area (Å²) in [5.41, 5.74) is 16.7. The van der Waals surface area contributed by atoms with Crippen LogP contribution in [-0.2, 0) is 6.54 Å². The summed E-state index contributed by atoms with van der Waals surface area (Å²) in [6, 6.07) is 13.7. The molecular formula is C19H18BrN5. The van der Waals surface area contributed by atoms with Crippen molar-refractivity contribution in [3.63, 3.8) is 0 Å². The number of pyridine rings is 1. The number of nitriles is 1. The molecule has 0 fully saturated rings. The first-order valence-corrected chi connectivity index (χ1v) is 8.52. The number of aromatic nitrogens is 1. The van der Waals surface area contributed by atoms with Gasteiger partial charge >= 0.3 is 0 Å². The van der Waals surface area contributed by atoms with Gasteiger partial charge in [-0.2, -0.15) is 5.26 Å². The largest absolute Gasteiger partial charge is 0.399 e.